The average molecular weight is 383 g/mol. The third-order valence-corrected chi connectivity index (χ3v) is 4.69. The SMILES string of the molecule is CN=C(NCCCc1nc(C(C)C)no1)NCCc1c[nH]c2cc(C)ccc12. The highest BCUT2D eigenvalue weighted by molar-refractivity contribution is 5.84. The molecule has 0 bridgehead atoms. The number of guanidine groups is 1. The fourth-order valence-corrected chi connectivity index (χ4v) is 3.09. The van der Waals surface area contributed by atoms with Gasteiger partial charge in [0.1, 0.15) is 0 Å². The minimum Gasteiger partial charge on any atom is -0.361 e. The predicted octanol–water partition coefficient (Wildman–Crippen LogP) is 3.32. The van der Waals surface area contributed by atoms with Gasteiger partial charge in [0.2, 0.25) is 5.89 Å². The Kier molecular flexibility index (Phi) is 6.68. The first-order chi connectivity index (χ1) is 13.6. The molecule has 1 aromatic carbocycles. The lowest BCUT2D eigenvalue weighted by atomic mass is 10.1. The molecule has 0 aliphatic carbocycles. The van der Waals surface area contributed by atoms with E-state index in [2.05, 4.69) is 75.9 Å². The number of hydrogen-bond donors (Lipinski definition) is 3. The van der Waals surface area contributed by atoms with E-state index in [1.54, 1.807) is 7.05 Å². The van der Waals surface area contributed by atoms with Crippen LogP contribution < -0.4 is 10.6 Å². The highest BCUT2D eigenvalue weighted by atomic mass is 16.5. The second-order valence-corrected chi connectivity index (χ2v) is 7.34. The fraction of sp³-hybridized carbons (Fsp3) is 0.476. The molecule has 0 fully saturated rings. The molecule has 0 aliphatic heterocycles. The Balaban J connectivity index is 1.39. The summed E-state index contributed by atoms with van der Waals surface area (Å²) in [5.41, 5.74) is 3.78. The molecule has 28 heavy (non-hydrogen) atoms. The van der Waals surface area contributed by atoms with Crippen LogP contribution in [0.3, 0.4) is 0 Å². The number of benzene rings is 1. The molecule has 3 rings (SSSR count). The van der Waals surface area contributed by atoms with Gasteiger partial charge in [-0.15, -0.1) is 0 Å². The van der Waals surface area contributed by atoms with Crippen LogP contribution in [-0.4, -0.2) is 41.2 Å². The lowest BCUT2D eigenvalue weighted by molar-refractivity contribution is 0.368. The molecule has 0 saturated heterocycles. The van der Waals surface area contributed by atoms with Crippen LogP contribution in [0.15, 0.2) is 33.9 Å². The number of aromatic nitrogens is 3. The van der Waals surface area contributed by atoms with Gasteiger partial charge < -0.3 is 20.1 Å². The van der Waals surface area contributed by atoms with E-state index in [1.807, 2.05) is 0 Å². The maximum atomic E-state index is 5.27. The summed E-state index contributed by atoms with van der Waals surface area (Å²) in [5, 5.41) is 12.0. The molecule has 2 heterocycles. The van der Waals surface area contributed by atoms with E-state index in [1.165, 1.54) is 22.0 Å². The topological polar surface area (TPSA) is 91.1 Å². The van der Waals surface area contributed by atoms with Gasteiger partial charge >= 0.3 is 0 Å². The number of fused-ring (bicyclic) bond motifs is 1. The Hall–Kier alpha value is -2.83. The minimum absolute atomic E-state index is 0.292. The molecule has 7 nitrogen and oxygen atoms in total. The number of hydrogen-bond acceptors (Lipinski definition) is 4. The molecule has 0 saturated carbocycles. The molecule has 0 unspecified atom stereocenters. The summed E-state index contributed by atoms with van der Waals surface area (Å²) in [6.45, 7) is 7.85. The van der Waals surface area contributed by atoms with Crippen LogP contribution in [0.5, 0.6) is 0 Å². The van der Waals surface area contributed by atoms with E-state index in [9.17, 15) is 0 Å². The van der Waals surface area contributed by atoms with E-state index in [0.29, 0.717) is 11.8 Å². The zero-order chi connectivity index (χ0) is 19.9. The van der Waals surface area contributed by atoms with E-state index in [0.717, 1.165) is 44.1 Å². The average Bonchev–Trinajstić information content (AvgIpc) is 3.30. The van der Waals surface area contributed by atoms with Crippen LogP contribution in [0.4, 0.5) is 0 Å². The summed E-state index contributed by atoms with van der Waals surface area (Å²) in [5.74, 6) is 2.57. The highest BCUT2D eigenvalue weighted by Gasteiger charge is 2.09. The third kappa shape index (κ3) is 5.12. The number of H-pyrrole nitrogens is 1. The van der Waals surface area contributed by atoms with Crippen molar-refractivity contribution in [3.8, 4) is 0 Å². The van der Waals surface area contributed by atoms with Crippen LogP contribution in [-0.2, 0) is 12.8 Å². The lowest BCUT2D eigenvalue weighted by Gasteiger charge is -2.11. The van der Waals surface area contributed by atoms with Crippen molar-refractivity contribution in [2.45, 2.75) is 46.0 Å². The van der Waals surface area contributed by atoms with E-state index >= 15 is 0 Å². The van der Waals surface area contributed by atoms with Gasteiger partial charge in [0.25, 0.3) is 0 Å². The first-order valence-corrected chi connectivity index (χ1v) is 9.90. The van der Waals surface area contributed by atoms with Crippen molar-refractivity contribution in [1.82, 2.24) is 25.8 Å². The summed E-state index contributed by atoms with van der Waals surface area (Å²) in [6, 6.07) is 6.52. The number of aromatic amines is 1. The first-order valence-electron chi connectivity index (χ1n) is 9.90. The van der Waals surface area contributed by atoms with Gasteiger partial charge in [0, 0.05) is 49.6 Å². The molecule has 0 aliphatic rings. The van der Waals surface area contributed by atoms with Crippen molar-refractivity contribution >= 4 is 16.9 Å². The van der Waals surface area contributed by atoms with Gasteiger partial charge in [-0.1, -0.05) is 31.1 Å². The van der Waals surface area contributed by atoms with Crippen molar-refractivity contribution < 1.29 is 4.52 Å². The van der Waals surface area contributed by atoms with Gasteiger partial charge in [-0.25, -0.2) is 0 Å². The Morgan fingerprint density at radius 2 is 2.04 bits per heavy atom. The molecule has 0 radical (unpaired) electrons. The first kappa shape index (κ1) is 19.9. The number of aliphatic imine (C=N–C) groups is 1. The zero-order valence-electron chi connectivity index (χ0n) is 17.2. The monoisotopic (exact) mass is 382 g/mol. The van der Waals surface area contributed by atoms with Gasteiger partial charge in [-0.05, 0) is 37.0 Å². The molecule has 0 amide bonds. The molecule has 0 atom stereocenters. The summed E-state index contributed by atoms with van der Waals surface area (Å²) < 4.78 is 5.27. The van der Waals surface area contributed by atoms with Crippen LogP contribution in [0, 0.1) is 6.92 Å². The summed E-state index contributed by atoms with van der Waals surface area (Å²) in [7, 11) is 1.79. The second-order valence-electron chi connectivity index (χ2n) is 7.34. The van der Waals surface area contributed by atoms with E-state index < -0.39 is 0 Å². The quantitative estimate of drug-likeness (QED) is 0.316. The number of nitrogens with one attached hydrogen (secondary N) is 3. The van der Waals surface area contributed by atoms with Gasteiger partial charge in [0.05, 0.1) is 0 Å². The Bertz CT molecular complexity index is 924. The van der Waals surface area contributed by atoms with Crippen molar-refractivity contribution in [2.75, 3.05) is 20.1 Å². The number of aryl methyl sites for hydroxylation is 2. The van der Waals surface area contributed by atoms with Gasteiger partial charge in [-0.2, -0.15) is 4.98 Å². The molecular formula is C21H30N6O. The number of rotatable bonds is 8. The second kappa shape index (κ2) is 9.39. The van der Waals surface area contributed by atoms with Crippen LogP contribution in [0.25, 0.3) is 10.9 Å². The van der Waals surface area contributed by atoms with E-state index in [-0.39, 0.29) is 0 Å². The van der Waals surface area contributed by atoms with Gasteiger partial charge in [0.15, 0.2) is 11.8 Å². The summed E-state index contributed by atoms with van der Waals surface area (Å²) >= 11 is 0. The van der Waals surface area contributed by atoms with Crippen molar-refractivity contribution in [1.29, 1.82) is 0 Å². The Morgan fingerprint density at radius 3 is 2.79 bits per heavy atom. The van der Waals surface area contributed by atoms with Crippen molar-refractivity contribution in [2.24, 2.45) is 4.99 Å². The van der Waals surface area contributed by atoms with Gasteiger partial charge in [-0.3, -0.25) is 4.99 Å². The van der Waals surface area contributed by atoms with Crippen LogP contribution in [0.2, 0.25) is 0 Å². The maximum absolute atomic E-state index is 5.27. The lowest BCUT2D eigenvalue weighted by Crippen LogP contribution is -2.38. The smallest absolute Gasteiger partial charge is 0.226 e. The number of nitrogens with zero attached hydrogens (tertiary/aromatic N) is 3. The Morgan fingerprint density at radius 1 is 1.21 bits per heavy atom. The molecule has 0 spiro atoms. The van der Waals surface area contributed by atoms with Crippen LogP contribution >= 0.6 is 0 Å². The standard InChI is InChI=1S/C21H30N6O/c1-14(2)20-26-19(28-27-20)6-5-10-23-21(22-4)24-11-9-16-13-25-18-12-15(3)7-8-17(16)18/h7-8,12-14,25H,5-6,9-11H2,1-4H3,(H2,22,23,24). The molecule has 7 heteroatoms. The molecule has 3 N–H and O–H groups in total. The fourth-order valence-electron chi connectivity index (χ4n) is 3.09. The van der Waals surface area contributed by atoms with E-state index in [4.69, 9.17) is 4.52 Å². The predicted molar refractivity (Wildman–Crippen MR) is 113 cm³/mol. The van der Waals surface area contributed by atoms with Crippen molar-refractivity contribution in [3.05, 3.63) is 47.2 Å². The van der Waals surface area contributed by atoms with Crippen molar-refractivity contribution in [3.63, 3.8) is 0 Å². The summed E-state index contributed by atoms with van der Waals surface area (Å²) in [6.07, 6.45) is 4.70. The molecule has 3 aromatic rings. The molecule has 150 valence electrons. The third-order valence-electron chi connectivity index (χ3n) is 4.69. The van der Waals surface area contributed by atoms with Crippen LogP contribution in [0.1, 0.15) is 49.0 Å². The normalized spacial score (nSPS) is 12.1. The largest absolute Gasteiger partial charge is 0.361 e. The molecular weight excluding hydrogens is 352 g/mol. The zero-order valence-corrected chi connectivity index (χ0v) is 17.2. The Labute approximate surface area is 166 Å². The molecule has 2 aromatic heterocycles. The maximum Gasteiger partial charge on any atom is 0.226 e. The summed E-state index contributed by atoms with van der Waals surface area (Å²) in [4.78, 5) is 12.0. The highest BCUT2D eigenvalue weighted by Crippen LogP contribution is 2.19. The minimum atomic E-state index is 0.292.